The van der Waals surface area contributed by atoms with Crippen molar-refractivity contribution in [2.45, 2.75) is 19.4 Å². The van der Waals surface area contributed by atoms with Crippen LogP contribution in [-0.2, 0) is 4.79 Å². The van der Waals surface area contributed by atoms with Crippen LogP contribution < -0.4 is 0 Å². The Morgan fingerprint density at radius 2 is 2.14 bits per heavy atom. The lowest BCUT2D eigenvalue weighted by Gasteiger charge is -2.24. The van der Waals surface area contributed by atoms with Gasteiger partial charge in [-0.15, -0.1) is 0 Å². The first-order valence-corrected chi connectivity index (χ1v) is 4.19. The molecule has 0 aromatic carbocycles. The molecule has 1 aliphatic rings. The molecule has 0 radical (unpaired) electrons. The van der Waals surface area contributed by atoms with Gasteiger partial charge in [-0.05, 0) is 12.0 Å². The van der Waals surface area contributed by atoms with E-state index >= 15 is 0 Å². The van der Waals surface area contributed by atoms with Gasteiger partial charge >= 0.3 is 12.1 Å². The lowest BCUT2D eigenvalue weighted by Crippen LogP contribution is -2.41. The summed E-state index contributed by atoms with van der Waals surface area (Å²) in [7, 11) is 0. The maximum absolute atomic E-state index is 10.7. The summed E-state index contributed by atoms with van der Waals surface area (Å²) >= 11 is 0. The van der Waals surface area contributed by atoms with Crippen LogP contribution >= 0.6 is 0 Å². The fourth-order valence-corrected chi connectivity index (χ4v) is 1.19. The highest BCUT2D eigenvalue weighted by atomic mass is 16.4. The number of nitrogens with zero attached hydrogens (tertiary/aromatic N) is 1. The maximum Gasteiger partial charge on any atom is 0.412 e. The standard InChI is InChI=1S/C9H11NO4/c1-2-6-3-4-7(8(11)12)10(5-6)9(13)14/h3-5,7H,2H2,1H3,(H,11,12)(H,13,14). The second-order valence-corrected chi connectivity index (χ2v) is 2.89. The van der Waals surface area contributed by atoms with Gasteiger partial charge < -0.3 is 10.2 Å². The van der Waals surface area contributed by atoms with Gasteiger partial charge in [0.15, 0.2) is 6.04 Å². The van der Waals surface area contributed by atoms with Crippen LogP contribution in [0.4, 0.5) is 4.79 Å². The Morgan fingerprint density at radius 3 is 2.57 bits per heavy atom. The second kappa shape index (κ2) is 3.95. The summed E-state index contributed by atoms with van der Waals surface area (Å²) in [5.74, 6) is -1.17. The van der Waals surface area contributed by atoms with Gasteiger partial charge in [-0.3, -0.25) is 4.90 Å². The van der Waals surface area contributed by atoms with Crippen LogP contribution in [0.3, 0.4) is 0 Å². The zero-order valence-electron chi connectivity index (χ0n) is 7.67. The molecule has 1 atom stereocenters. The molecule has 0 fully saturated rings. The Morgan fingerprint density at radius 1 is 1.50 bits per heavy atom. The van der Waals surface area contributed by atoms with Crippen molar-refractivity contribution in [1.82, 2.24) is 4.90 Å². The third kappa shape index (κ3) is 1.93. The van der Waals surface area contributed by atoms with E-state index in [1.54, 1.807) is 6.08 Å². The molecule has 76 valence electrons. The van der Waals surface area contributed by atoms with Gasteiger partial charge in [0.05, 0.1) is 0 Å². The number of hydrogen-bond donors (Lipinski definition) is 2. The number of carbonyl (C=O) groups is 2. The summed E-state index contributed by atoms with van der Waals surface area (Å²) < 4.78 is 0. The minimum absolute atomic E-state index is 0.673. The van der Waals surface area contributed by atoms with Crippen molar-refractivity contribution in [2.75, 3.05) is 0 Å². The highest BCUT2D eigenvalue weighted by molar-refractivity contribution is 5.82. The topological polar surface area (TPSA) is 77.8 Å². The number of allylic oxidation sites excluding steroid dienone is 2. The molecule has 0 aromatic heterocycles. The predicted molar refractivity (Wildman–Crippen MR) is 48.8 cm³/mol. The van der Waals surface area contributed by atoms with Crippen LogP contribution in [0.5, 0.6) is 0 Å². The summed E-state index contributed by atoms with van der Waals surface area (Å²) in [6.45, 7) is 1.87. The Kier molecular flexibility index (Phi) is 2.91. The van der Waals surface area contributed by atoms with Gasteiger partial charge in [-0.25, -0.2) is 9.59 Å². The fourth-order valence-electron chi connectivity index (χ4n) is 1.19. The highest BCUT2D eigenvalue weighted by Crippen LogP contribution is 2.16. The van der Waals surface area contributed by atoms with Gasteiger partial charge in [0.2, 0.25) is 0 Å². The van der Waals surface area contributed by atoms with E-state index in [1.807, 2.05) is 6.92 Å². The minimum atomic E-state index is -1.26. The molecule has 0 bridgehead atoms. The summed E-state index contributed by atoms with van der Waals surface area (Å²) in [5.41, 5.74) is 0.796. The Hall–Kier alpha value is -1.78. The van der Waals surface area contributed by atoms with Crippen molar-refractivity contribution in [3.05, 3.63) is 23.9 Å². The molecule has 0 aromatic rings. The molecule has 1 amide bonds. The second-order valence-electron chi connectivity index (χ2n) is 2.89. The molecule has 14 heavy (non-hydrogen) atoms. The lowest BCUT2D eigenvalue weighted by molar-refractivity contribution is -0.140. The SMILES string of the molecule is CCC1=CN(C(=O)O)C(C(=O)O)C=C1. The normalized spacial score (nSPS) is 20.5. The van der Waals surface area contributed by atoms with Gasteiger partial charge in [0.25, 0.3) is 0 Å². The molecular formula is C9H11NO4. The summed E-state index contributed by atoms with van der Waals surface area (Å²) in [6.07, 6.45) is 3.77. The van der Waals surface area contributed by atoms with E-state index in [0.29, 0.717) is 6.42 Å². The van der Waals surface area contributed by atoms with Crippen molar-refractivity contribution in [3.63, 3.8) is 0 Å². The van der Waals surface area contributed by atoms with Gasteiger partial charge in [0.1, 0.15) is 0 Å². The quantitative estimate of drug-likeness (QED) is 0.699. The van der Waals surface area contributed by atoms with Gasteiger partial charge in [-0.2, -0.15) is 0 Å². The van der Waals surface area contributed by atoms with E-state index in [9.17, 15) is 9.59 Å². The first-order chi connectivity index (χ1) is 6.56. The molecule has 0 saturated heterocycles. The van der Waals surface area contributed by atoms with E-state index in [2.05, 4.69) is 0 Å². The molecule has 2 N–H and O–H groups in total. The van der Waals surface area contributed by atoms with E-state index in [1.165, 1.54) is 12.3 Å². The van der Waals surface area contributed by atoms with Crippen LogP contribution in [0, 0.1) is 0 Å². The number of aliphatic carboxylic acids is 1. The molecule has 5 heteroatoms. The first-order valence-electron chi connectivity index (χ1n) is 4.19. The third-order valence-electron chi connectivity index (χ3n) is 1.98. The molecule has 0 saturated carbocycles. The Bertz CT molecular complexity index is 319. The summed E-state index contributed by atoms with van der Waals surface area (Å²) in [4.78, 5) is 22.2. The number of carboxylic acid groups (broad SMARTS) is 2. The number of amides is 1. The summed E-state index contributed by atoms with van der Waals surface area (Å²) in [5, 5.41) is 17.5. The number of hydrogen-bond acceptors (Lipinski definition) is 2. The van der Waals surface area contributed by atoms with Crippen molar-refractivity contribution < 1.29 is 19.8 Å². The lowest BCUT2D eigenvalue weighted by atomic mass is 10.1. The average molecular weight is 197 g/mol. The van der Waals surface area contributed by atoms with Gasteiger partial charge in [-0.1, -0.05) is 19.1 Å². The fraction of sp³-hybridized carbons (Fsp3) is 0.333. The largest absolute Gasteiger partial charge is 0.479 e. The van der Waals surface area contributed by atoms with Crippen LogP contribution in [0.1, 0.15) is 13.3 Å². The van der Waals surface area contributed by atoms with Crippen molar-refractivity contribution in [3.8, 4) is 0 Å². The van der Waals surface area contributed by atoms with E-state index in [0.717, 1.165) is 10.5 Å². The molecule has 1 unspecified atom stereocenters. The number of carboxylic acids is 1. The van der Waals surface area contributed by atoms with Crippen molar-refractivity contribution in [1.29, 1.82) is 0 Å². The average Bonchev–Trinajstić information content (AvgIpc) is 2.16. The zero-order valence-corrected chi connectivity index (χ0v) is 7.67. The van der Waals surface area contributed by atoms with Crippen LogP contribution in [0.2, 0.25) is 0 Å². The summed E-state index contributed by atoms with van der Waals surface area (Å²) in [6, 6.07) is -1.11. The maximum atomic E-state index is 10.7. The van der Waals surface area contributed by atoms with Crippen LogP contribution in [-0.4, -0.2) is 33.2 Å². The third-order valence-corrected chi connectivity index (χ3v) is 1.98. The van der Waals surface area contributed by atoms with E-state index in [4.69, 9.17) is 10.2 Å². The van der Waals surface area contributed by atoms with Crippen molar-refractivity contribution >= 4 is 12.1 Å². The molecule has 1 heterocycles. The highest BCUT2D eigenvalue weighted by Gasteiger charge is 2.27. The van der Waals surface area contributed by atoms with Crippen LogP contribution in [0.15, 0.2) is 23.9 Å². The monoisotopic (exact) mass is 197 g/mol. The first kappa shape index (κ1) is 10.3. The minimum Gasteiger partial charge on any atom is -0.479 e. The molecule has 1 aliphatic heterocycles. The Labute approximate surface area is 80.9 Å². The number of rotatable bonds is 2. The smallest absolute Gasteiger partial charge is 0.412 e. The van der Waals surface area contributed by atoms with Gasteiger partial charge in [0, 0.05) is 6.20 Å². The zero-order chi connectivity index (χ0) is 10.7. The molecule has 0 spiro atoms. The van der Waals surface area contributed by atoms with E-state index < -0.39 is 18.1 Å². The molecular weight excluding hydrogens is 186 g/mol. The molecule has 1 rings (SSSR count). The molecule has 5 nitrogen and oxygen atoms in total. The predicted octanol–water partition coefficient (Wildman–Crippen LogP) is 1.28. The Balaban J connectivity index is 2.94. The van der Waals surface area contributed by atoms with Crippen molar-refractivity contribution in [2.24, 2.45) is 0 Å². The van der Waals surface area contributed by atoms with E-state index in [-0.39, 0.29) is 0 Å². The van der Waals surface area contributed by atoms with Crippen LogP contribution in [0.25, 0.3) is 0 Å². The molecule has 0 aliphatic carbocycles.